The second-order valence-electron chi connectivity index (χ2n) is 21.1. The number of hydrogen-bond acceptors (Lipinski definition) is 7. The van der Waals surface area contributed by atoms with E-state index in [0.717, 1.165) is 103 Å². The van der Waals surface area contributed by atoms with Gasteiger partial charge >= 0.3 is 5.97 Å². The summed E-state index contributed by atoms with van der Waals surface area (Å²) in [5.41, 5.74) is 0. The fourth-order valence-corrected chi connectivity index (χ4v) is 9.20. The summed E-state index contributed by atoms with van der Waals surface area (Å²) >= 11 is 0. The van der Waals surface area contributed by atoms with Gasteiger partial charge in [-0.2, -0.15) is 0 Å². The highest BCUT2D eigenvalue weighted by atomic mass is 31.2. The molecule has 3 unspecified atom stereocenters. The third-order valence-corrected chi connectivity index (χ3v) is 14.0. The van der Waals surface area contributed by atoms with Crippen molar-refractivity contribution in [3.05, 3.63) is 48.6 Å². The Morgan fingerprint density at radius 2 is 0.914 bits per heavy atom. The van der Waals surface area contributed by atoms with Crippen molar-refractivity contribution in [2.24, 2.45) is 0 Å². The van der Waals surface area contributed by atoms with Crippen LogP contribution < -0.4 is 10.2 Å². The van der Waals surface area contributed by atoms with Crippen molar-refractivity contribution in [3.63, 3.8) is 0 Å². The first-order valence-electron chi connectivity index (χ1n) is 29.4. The number of phosphoric acid groups is 1. The van der Waals surface area contributed by atoms with Crippen LogP contribution in [0.2, 0.25) is 0 Å². The zero-order valence-corrected chi connectivity index (χ0v) is 47.6. The van der Waals surface area contributed by atoms with Crippen LogP contribution in [0.1, 0.15) is 271 Å². The molecule has 1 N–H and O–H groups in total. The number of nitrogens with one attached hydrogen (secondary N) is 1. The largest absolute Gasteiger partial charge is 0.756 e. The van der Waals surface area contributed by atoms with Gasteiger partial charge in [0.15, 0.2) is 0 Å². The number of carbonyl (C=O) groups is 2. The summed E-state index contributed by atoms with van der Waals surface area (Å²) in [6.45, 7) is 6.74. The van der Waals surface area contributed by atoms with Gasteiger partial charge in [0, 0.05) is 12.8 Å². The quantitative estimate of drug-likeness (QED) is 0.0212. The van der Waals surface area contributed by atoms with Crippen LogP contribution >= 0.6 is 7.82 Å². The molecule has 0 aliphatic rings. The molecule has 0 heterocycles. The summed E-state index contributed by atoms with van der Waals surface area (Å²) in [4.78, 5) is 39.9. The highest BCUT2D eigenvalue weighted by Crippen LogP contribution is 2.38. The third-order valence-electron chi connectivity index (χ3n) is 13.0. The number of carbonyl (C=O) groups excluding carboxylic acids is 2. The summed E-state index contributed by atoms with van der Waals surface area (Å²) < 4.78 is 30.3. The molecule has 70 heavy (non-hydrogen) atoms. The molecule has 0 saturated carbocycles. The van der Waals surface area contributed by atoms with E-state index in [0.29, 0.717) is 17.4 Å². The minimum absolute atomic E-state index is 0.0242. The molecule has 0 aromatic carbocycles. The zero-order valence-electron chi connectivity index (χ0n) is 46.7. The maximum atomic E-state index is 13.5. The highest BCUT2D eigenvalue weighted by molar-refractivity contribution is 7.45. The van der Waals surface area contributed by atoms with E-state index in [1.165, 1.54) is 135 Å². The molecule has 0 aromatic rings. The standard InChI is InChI=1S/C60H113N2O7P/c1-7-10-13-16-19-22-25-28-30-32-34-37-40-43-46-49-52-59(63)61-57(56-68-70(65,66)67-55-54-62(4,5)6)58(51-48-45-42-39-36-33-27-24-21-18-15-12-9-3)69-60(64)53-50-47-44-41-38-35-31-29-26-23-20-17-14-11-8-2/h10,13,19,22,28,30,48,51,57-58H,7-9,11-12,14-18,20-21,23-27,29,31-47,49-50,52-56H2,1-6H3,(H-,61,63,65,66)/b13-10+,22-19+,30-28+,51-48+. The lowest BCUT2D eigenvalue weighted by molar-refractivity contribution is -0.870. The number of esters is 1. The first-order chi connectivity index (χ1) is 33.9. The van der Waals surface area contributed by atoms with Gasteiger partial charge in [0.25, 0.3) is 7.82 Å². The SMILES string of the molecule is CC/C=C/C/C=C/C/C=C/CCCCCCCCC(=O)NC(COP(=O)([O-])OCC[N+](C)(C)C)C(/C=C/CCCCCCCCCCCCC)OC(=O)CCCCCCCCCCCCCCCCC. The molecule has 410 valence electrons. The van der Waals surface area contributed by atoms with E-state index < -0.39 is 26.6 Å². The van der Waals surface area contributed by atoms with E-state index in [1.807, 2.05) is 33.3 Å². The summed E-state index contributed by atoms with van der Waals surface area (Å²) in [5, 5.41) is 3.02. The van der Waals surface area contributed by atoms with E-state index in [1.54, 1.807) is 0 Å². The summed E-state index contributed by atoms with van der Waals surface area (Å²) in [5.74, 6) is -0.548. The number of phosphoric ester groups is 1. The topological polar surface area (TPSA) is 114 Å². The minimum Gasteiger partial charge on any atom is -0.756 e. The van der Waals surface area contributed by atoms with Crippen molar-refractivity contribution >= 4 is 19.7 Å². The van der Waals surface area contributed by atoms with Crippen LogP contribution in [-0.4, -0.2) is 69.4 Å². The molecule has 0 radical (unpaired) electrons. The first-order valence-corrected chi connectivity index (χ1v) is 30.9. The Hall–Kier alpha value is -2.03. The normalized spacial score (nSPS) is 14.1. The number of rotatable bonds is 53. The fourth-order valence-electron chi connectivity index (χ4n) is 8.48. The van der Waals surface area contributed by atoms with Crippen LogP contribution in [0.4, 0.5) is 0 Å². The molecule has 9 nitrogen and oxygen atoms in total. The van der Waals surface area contributed by atoms with Crippen molar-refractivity contribution < 1.29 is 37.3 Å². The lowest BCUT2D eigenvalue weighted by Gasteiger charge is -2.30. The number of allylic oxidation sites excluding steroid dienone is 7. The molecular weight excluding hydrogens is 892 g/mol. The van der Waals surface area contributed by atoms with Crippen molar-refractivity contribution in [1.82, 2.24) is 5.32 Å². The zero-order chi connectivity index (χ0) is 51.5. The van der Waals surface area contributed by atoms with E-state index in [9.17, 15) is 19.0 Å². The number of hydrogen-bond donors (Lipinski definition) is 1. The second kappa shape index (κ2) is 50.5. The molecule has 10 heteroatoms. The van der Waals surface area contributed by atoms with Gasteiger partial charge in [-0.25, -0.2) is 0 Å². The first kappa shape index (κ1) is 68.0. The van der Waals surface area contributed by atoms with Gasteiger partial charge in [0.2, 0.25) is 5.91 Å². The van der Waals surface area contributed by atoms with Crippen molar-refractivity contribution in [1.29, 1.82) is 0 Å². The Balaban J connectivity index is 5.35. The molecule has 0 aliphatic heterocycles. The minimum atomic E-state index is -4.70. The van der Waals surface area contributed by atoms with Gasteiger partial charge in [0.1, 0.15) is 19.3 Å². The fraction of sp³-hybridized carbons (Fsp3) is 0.833. The lowest BCUT2D eigenvalue weighted by Crippen LogP contribution is -2.47. The third kappa shape index (κ3) is 50.9. The molecule has 0 aliphatic carbocycles. The second-order valence-corrected chi connectivity index (χ2v) is 22.5. The molecule has 0 saturated heterocycles. The van der Waals surface area contributed by atoms with Gasteiger partial charge in [-0.3, -0.25) is 14.2 Å². The Morgan fingerprint density at radius 1 is 0.514 bits per heavy atom. The molecule has 1 amide bonds. The monoisotopic (exact) mass is 1000 g/mol. The predicted octanol–water partition coefficient (Wildman–Crippen LogP) is 17.1. The van der Waals surface area contributed by atoms with E-state index in [4.69, 9.17) is 13.8 Å². The van der Waals surface area contributed by atoms with Gasteiger partial charge in [-0.05, 0) is 63.9 Å². The number of nitrogens with zero attached hydrogens (tertiary/aromatic N) is 1. The van der Waals surface area contributed by atoms with E-state index in [2.05, 4.69) is 62.5 Å². The van der Waals surface area contributed by atoms with Crippen molar-refractivity contribution in [2.45, 2.75) is 283 Å². The molecule has 0 rings (SSSR count). The van der Waals surface area contributed by atoms with Crippen LogP contribution in [0.5, 0.6) is 0 Å². The van der Waals surface area contributed by atoms with Crippen LogP contribution in [0.3, 0.4) is 0 Å². The Labute approximate surface area is 433 Å². The average Bonchev–Trinajstić information content (AvgIpc) is 3.32. The van der Waals surface area contributed by atoms with Crippen LogP contribution in [0, 0.1) is 0 Å². The molecule has 3 atom stereocenters. The molecule has 0 fully saturated rings. The molecule has 0 aromatic heterocycles. The van der Waals surface area contributed by atoms with E-state index >= 15 is 0 Å². The predicted molar refractivity (Wildman–Crippen MR) is 298 cm³/mol. The number of ether oxygens (including phenoxy) is 1. The summed E-state index contributed by atoms with van der Waals surface area (Å²) in [6.07, 6.45) is 60.7. The average molecular weight is 1010 g/mol. The number of quaternary nitrogens is 1. The number of amides is 1. The van der Waals surface area contributed by atoms with Crippen LogP contribution in [0.15, 0.2) is 48.6 Å². The Kier molecular flexibility index (Phi) is 49.0. The lowest BCUT2D eigenvalue weighted by atomic mass is 10.0. The smallest absolute Gasteiger partial charge is 0.306 e. The summed E-state index contributed by atoms with van der Waals surface area (Å²) in [7, 11) is 1.18. The van der Waals surface area contributed by atoms with Crippen LogP contribution in [-0.2, 0) is 27.9 Å². The number of likely N-dealkylation sites (N-methyl/N-ethyl adjacent to an activating group) is 1. The summed E-state index contributed by atoms with van der Waals surface area (Å²) in [6, 6.07) is -0.892. The van der Waals surface area contributed by atoms with Gasteiger partial charge in [-0.15, -0.1) is 0 Å². The highest BCUT2D eigenvalue weighted by Gasteiger charge is 2.27. The van der Waals surface area contributed by atoms with E-state index in [-0.39, 0.29) is 24.9 Å². The number of unbranched alkanes of at least 4 members (excludes halogenated alkanes) is 31. The molecule has 0 spiro atoms. The Bertz CT molecular complexity index is 1340. The van der Waals surface area contributed by atoms with Gasteiger partial charge in [0.05, 0.1) is 33.8 Å². The molecular formula is C60H113N2O7P. The van der Waals surface area contributed by atoms with Gasteiger partial charge < -0.3 is 28.5 Å². The Morgan fingerprint density at radius 3 is 1.37 bits per heavy atom. The van der Waals surface area contributed by atoms with Crippen molar-refractivity contribution in [2.75, 3.05) is 40.9 Å². The van der Waals surface area contributed by atoms with Gasteiger partial charge in [-0.1, -0.05) is 243 Å². The van der Waals surface area contributed by atoms with Crippen molar-refractivity contribution in [3.8, 4) is 0 Å². The molecule has 0 bridgehead atoms. The maximum absolute atomic E-state index is 13.5. The van der Waals surface area contributed by atoms with Crippen LogP contribution in [0.25, 0.3) is 0 Å². The maximum Gasteiger partial charge on any atom is 0.306 e.